The molecule has 0 spiro atoms. The zero-order chi connectivity index (χ0) is 26.4. The van der Waals surface area contributed by atoms with E-state index in [1.165, 1.54) is 18.3 Å². The average molecular weight is 513 g/mol. The minimum absolute atomic E-state index is 0.0757. The van der Waals surface area contributed by atoms with Gasteiger partial charge in [0.25, 0.3) is 5.91 Å². The monoisotopic (exact) mass is 512 g/mol. The lowest BCUT2D eigenvalue weighted by atomic mass is 10.1. The molecule has 2 N–H and O–H groups in total. The Bertz CT molecular complexity index is 1220. The van der Waals surface area contributed by atoms with Crippen molar-refractivity contribution in [1.82, 2.24) is 14.8 Å². The van der Waals surface area contributed by atoms with E-state index in [4.69, 9.17) is 10.5 Å². The second kappa shape index (κ2) is 11.4. The Balaban J connectivity index is 1.23. The first-order chi connectivity index (χ1) is 17.7. The van der Waals surface area contributed by atoms with E-state index in [0.717, 1.165) is 17.7 Å². The molecule has 1 aliphatic rings. The van der Waals surface area contributed by atoms with Crippen molar-refractivity contribution in [2.75, 3.05) is 32.8 Å². The molecular formula is C27H27F3N4O3. The Kier molecular flexibility index (Phi) is 8.08. The summed E-state index contributed by atoms with van der Waals surface area (Å²) in [7, 11) is 0. The van der Waals surface area contributed by atoms with Gasteiger partial charge in [-0.25, -0.2) is 0 Å². The van der Waals surface area contributed by atoms with Crippen LogP contribution >= 0.6 is 0 Å². The van der Waals surface area contributed by atoms with Crippen molar-refractivity contribution in [3.05, 3.63) is 94.8 Å². The number of hydrogen-bond acceptors (Lipinski definition) is 5. The van der Waals surface area contributed by atoms with E-state index in [1.807, 2.05) is 0 Å². The molecule has 7 nitrogen and oxygen atoms in total. The zero-order valence-electron chi connectivity index (χ0n) is 20.1. The number of aromatic nitrogens is 1. The van der Waals surface area contributed by atoms with E-state index in [2.05, 4.69) is 9.88 Å². The third-order valence-corrected chi connectivity index (χ3v) is 6.18. The van der Waals surface area contributed by atoms with Gasteiger partial charge >= 0.3 is 6.18 Å². The predicted molar refractivity (Wildman–Crippen MR) is 131 cm³/mol. The maximum atomic E-state index is 12.9. The molecule has 2 heterocycles. The molecule has 0 unspecified atom stereocenters. The molecule has 0 saturated carbocycles. The summed E-state index contributed by atoms with van der Waals surface area (Å²) in [5.41, 5.74) is 7.08. The van der Waals surface area contributed by atoms with Crippen molar-refractivity contribution in [3.8, 4) is 5.75 Å². The fourth-order valence-corrected chi connectivity index (χ4v) is 4.08. The lowest BCUT2D eigenvalue weighted by Gasteiger charge is -2.34. The van der Waals surface area contributed by atoms with E-state index in [1.54, 1.807) is 41.3 Å². The van der Waals surface area contributed by atoms with Crippen molar-refractivity contribution >= 4 is 11.8 Å². The van der Waals surface area contributed by atoms with Gasteiger partial charge in [0.2, 0.25) is 5.91 Å². The fourth-order valence-electron chi connectivity index (χ4n) is 4.08. The number of hydrogen-bond donors (Lipinski definition) is 1. The van der Waals surface area contributed by atoms with Gasteiger partial charge in [-0.3, -0.25) is 19.5 Å². The van der Waals surface area contributed by atoms with Gasteiger partial charge in [-0.1, -0.05) is 12.1 Å². The number of benzene rings is 2. The first kappa shape index (κ1) is 26.2. The Morgan fingerprint density at radius 1 is 0.919 bits per heavy atom. The van der Waals surface area contributed by atoms with Crippen LogP contribution in [0.2, 0.25) is 0 Å². The highest BCUT2D eigenvalue weighted by molar-refractivity contribution is 5.94. The van der Waals surface area contributed by atoms with Gasteiger partial charge in [-0.2, -0.15) is 13.2 Å². The molecule has 0 bridgehead atoms. The SMILES string of the molecule is NC(=O)c1ccnc(CCOc2ccc(C(=O)N3CCN(Cc4ccc(C(F)(F)F)cc4)CC3)cc2)c1. The summed E-state index contributed by atoms with van der Waals surface area (Å²) in [6.07, 6.45) is -2.31. The standard InChI is InChI=1S/C27H27F3N4O3/c28-27(29,30)22-5-1-19(2-6-22)18-33-12-14-34(15-13-33)26(36)20-3-7-24(8-4-20)37-16-10-23-17-21(25(31)35)9-11-32-23/h1-9,11,17H,10,12-16,18H2,(H2,31,35). The fraction of sp³-hybridized carbons (Fsp3) is 0.296. The first-order valence-corrected chi connectivity index (χ1v) is 11.8. The van der Waals surface area contributed by atoms with Crippen molar-refractivity contribution in [2.45, 2.75) is 19.1 Å². The van der Waals surface area contributed by atoms with Crippen molar-refractivity contribution in [3.63, 3.8) is 0 Å². The summed E-state index contributed by atoms with van der Waals surface area (Å²) in [6, 6.07) is 15.3. The van der Waals surface area contributed by atoms with Crippen LogP contribution < -0.4 is 10.5 Å². The maximum Gasteiger partial charge on any atom is 0.416 e. The van der Waals surface area contributed by atoms with Crippen LogP contribution in [0.25, 0.3) is 0 Å². The highest BCUT2D eigenvalue weighted by atomic mass is 19.4. The van der Waals surface area contributed by atoms with Crippen molar-refractivity contribution in [1.29, 1.82) is 0 Å². The number of piperazine rings is 1. The molecule has 1 aromatic heterocycles. The minimum Gasteiger partial charge on any atom is -0.493 e. The lowest BCUT2D eigenvalue weighted by molar-refractivity contribution is -0.137. The van der Waals surface area contributed by atoms with E-state index >= 15 is 0 Å². The molecule has 194 valence electrons. The van der Waals surface area contributed by atoms with Crippen LogP contribution in [0.3, 0.4) is 0 Å². The van der Waals surface area contributed by atoms with Crippen LogP contribution in [0.1, 0.15) is 37.5 Å². The van der Waals surface area contributed by atoms with Gasteiger partial charge in [-0.15, -0.1) is 0 Å². The number of ether oxygens (including phenoxy) is 1. The summed E-state index contributed by atoms with van der Waals surface area (Å²) >= 11 is 0. The molecule has 37 heavy (non-hydrogen) atoms. The number of amides is 2. The summed E-state index contributed by atoms with van der Waals surface area (Å²) in [6.45, 7) is 3.24. The molecule has 2 aromatic carbocycles. The van der Waals surface area contributed by atoms with Gasteiger partial charge < -0.3 is 15.4 Å². The van der Waals surface area contributed by atoms with Crippen molar-refractivity contribution in [2.24, 2.45) is 5.73 Å². The number of alkyl halides is 3. The number of rotatable bonds is 8. The molecule has 10 heteroatoms. The predicted octanol–water partition coefficient (Wildman–Crippen LogP) is 3.78. The van der Waals surface area contributed by atoms with Gasteiger partial charge in [0.15, 0.2) is 0 Å². The molecule has 0 aliphatic carbocycles. The highest BCUT2D eigenvalue weighted by Gasteiger charge is 2.30. The Morgan fingerprint density at radius 2 is 1.59 bits per heavy atom. The average Bonchev–Trinajstić information content (AvgIpc) is 2.89. The van der Waals surface area contributed by atoms with E-state index in [-0.39, 0.29) is 5.91 Å². The third-order valence-electron chi connectivity index (χ3n) is 6.18. The number of nitrogens with two attached hydrogens (primary N) is 1. The number of halogens is 3. The van der Waals surface area contributed by atoms with Gasteiger partial charge in [-0.05, 0) is 54.1 Å². The van der Waals surface area contributed by atoms with Crippen LogP contribution in [0.15, 0.2) is 66.9 Å². The number of carbonyl (C=O) groups is 2. The molecule has 1 fully saturated rings. The molecule has 0 atom stereocenters. The third kappa shape index (κ3) is 7.07. The topological polar surface area (TPSA) is 88.8 Å². The molecular weight excluding hydrogens is 485 g/mol. The van der Waals surface area contributed by atoms with Gasteiger partial charge in [0.1, 0.15) is 5.75 Å². The summed E-state index contributed by atoms with van der Waals surface area (Å²) in [4.78, 5) is 32.3. The first-order valence-electron chi connectivity index (χ1n) is 11.8. The summed E-state index contributed by atoms with van der Waals surface area (Å²) in [5.74, 6) is 0.0301. The number of pyridine rings is 1. The highest BCUT2D eigenvalue weighted by Crippen LogP contribution is 2.29. The smallest absolute Gasteiger partial charge is 0.416 e. The Hall–Kier alpha value is -3.92. The van der Waals surface area contributed by atoms with Crippen LogP contribution in [-0.2, 0) is 19.1 Å². The zero-order valence-corrected chi connectivity index (χ0v) is 20.1. The molecule has 2 amide bonds. The normalized spacial score (nSPS) is 14.4. The largest absolute Gasteiger partial charge is 0.493 e. The van der Waals surface area contributed by atoms with Gasteiger partial charge in [0.05, 0.1) is 12.2 Å². The van der Waals surface area contributed by atoms with Crippen LogP contribution in [0.4, 0.5) is 13.2 Å². The quantitative estimate of drug-likeness (QED) is 0.496. The summed E-state index contributed by atoms with van der Waals surface area (Å²) < 4.78 is 44.0. The number of nitrogens with zero attached hydrogens (tertiary/aromatic N) is 3. The van der Waals surface area contributed by atoms with Gasteiger partial charge in [0, 0.05) is 62.2 Å². The summed E-state index contributed by atoms with van der Waals surface area (Å²) in [5, 5.41) is 0. The maximum absolute atomic E-state index is 12.9. The Labute approximate surface area is 212 Å². The molecule has 1 aliphatic heterocycles. The van der Waals surface area contributed by atoms with Crippen molar-refractivity contribution < 1.29 is 27.5 Å². The molecule has 0 radical (unpaired) electrons. The lowest BCUT2D eigenvalue weighted by Crippen LogP contribution is -2.48. The molecule has 3 aromatic rings. The number of primary amides is 1. The second-order valence-electron chi connectivity index (χ2n) is 8.79. The second-order valence-corrected chi connectivity index (χ2v) is 8.79. The van der Waals surface area contributed by atoms with E-state index < -0.39 is 17.6 Å². The molecule has 1 saturated heterocycles. The van der Waals surface area contributed by atoms with Crippen LogP contribution in [-0.4, -0.2) is 59.4 Å². The van der Waals surface area contributed by atoms with Crippen LogP contribution in [0, 0.1) is 0 Å². The minimum atomic E-state index is -4.34. The molecule has 4 rings (SSSR count). The number of carbonyl (C=O) groups excluding carboxylic acids is 2. The van der Waals surface area contributed by atoms with E-state index in [0.29, 0.717) is 68.3 Å². The van der Waals surface area contributed by atoms with E-state index in [9.17, 15) is 22.8 Å². The van der Waals surface area contributed by atoms with Crippen LogP contribution in [0.5, 0.6) is 5.75 Å². The Morgan fingerprint density at radius 3 is 2.22 bits per heavy atom.